The van der Waals surface area contributed by atoms with Crippen molar-refractivity contribution in [3.05, 3.63) is 64.5 Å². The molecule has 0 aliphatic rings. The maximum atomic E-state index is 12.4. The lowest BCUT2D eigenvalue weighted by Gasteiger charge is -2.16. The third-order valence-corrected chi connectivity index (χ3v) is 3.89. The molecule has 6 heteroatoms. The van der Waals surface area contributed by atoms with Gasteiger partial charge in [-0.15, -0.1) is 0 Å². The Bertz CT molecular complexity index is 1010. The molecule has 3 aromatic rings. The second-order valence-corrected chi connectivity index (χ2v) is 5.91. The molecule has 0 aliphatic carbocycles. The van der Waals surface area contributed by atoms with Crippen molar-refractivity contribution in [3.8, 4) is 11.5 Å². The molecule has 26 heavy (non-hydrogen) atoms. The van der Waals surface area contributed by atoms with Gasteiger partial charge in [0.25, 0.3) is 5.91 Å². The summed E-state index contributed by atoms with van der Waals surface area (Å²) in [5.74, 6) is 0.692. The van der Waals surface area contributed by atoms with Gasteiger partial charge in [0.05, 0.1) is 12.8 Å². The lowest BCUT2D eigenvalue weighted by molar-refractivity contribution is -0.122. The van der Waals surface area contributed by atoms with Crippen LogP contribution in [-0.4, -0.2) is 19.1 Å². The van der Waals surface area contributed by atoms with Crippen LogP contribution in [0.3, 0.4) is 0 Å². The summed E-state index contributed by atoms with van der Waals surface area (Å²) in [6, 6.07) is 13.6. The van der Waals surface area contributed by atoms with Crippen molar-refractivity contribution in [2.24, 2.45) is 0 Å². The van der Waals surface area contributed by atoms with Gasteiger partial charge in [0.15, 0.2) is 6.10 Å². The molecule has 3 rings (SSSR count). The van der Waals surface area contributed by atoms with E-state index in [2.05, 4.69) is 5.32 Å². The van der Waals surface area contributed by atoms with Gasteiger partial charge in [0, 0.05) is 17.5 Å². The molecule has 0 saturated carbocycles. The van der Waals surface area contributed by atoms with Crippen molar-refractivity contribution in [3.63, 3.8) is 0 Å². The number of nitrogens with one attached hydrogen (secondary N) is 1. The molecule has 1 atom stereocenters. The summed E-state index contributed by atoms with van der Waals surface area (Å²) in [7, 11) is 1.54. The fraction of sp³-hybridized carbons (Fsp3) is 0.200. The molecule has 0 aliphatic heterocycles. The number of fused-ring (bicyclic) bond motifs is 1. The minimum atomic E-state index is -0.756. The Balaban J connectivity index is 1.75. The molecule has 0 saturated heterocycles. The highest BCUT2D eigenvalue weighted by atomic mass is 16.5. The number of carbonyl (C=O) groups excluding carboxylic acids is 1. The molecule has 1 N–H and O–H groups in total. The van der Waals surface area contributed by atoms with E-state index in [9.17, 15) is 9.59 Å². The Morgan fingerprint density at radius 1 is 1.12 bits per heavy atom. The van der Waals surface area contributed by atoms with E-state index in [0.717, 1.165) is 10.9 Å². The maximum absolute atomic E-state index is 12.4. The van der Waals surface area contributed by atoms with Crippen LogP contribution in [0.2, 0.25) is 0 Å². The summed E-state index contributed by atoms with van der Waals surface area (Å²) < 4.78 is 16.1. The highest BCUT2D eigenvalue weighted by Crippen LogP contribution is 2.26. The van der Waals surface area contributed by atoms with Gasteiger partial charge in [-0.3, -0.25) is 4.79 Å². The van der Waals surface area contributed by atoms with Gasteiger partial charge >= 0.3 is 5.63 Å². The molecule has 0 fully saturated rings. The van der Waals surface area contributed by atoms with Crippen LogP contribution in [0.15, 0.2) is 57.7 Å². The van der Waals surface area contributed by atoms with Gasteiger partial charge in [0.1, 0.15) is 17.1 Å². The molecule has 2 aromatic carbocycles. The lowest BCUT2D eigenvalue weighted by atomic mass is 10.2. The van der Waals surface area contributed by atoms with E-state index in [1.54, 1.807) is 44.4 Å². The quantitative estimate of drug-likeness (QED) is 0.710. The molecule has 0 radical (unpaired) electrons. The Hall–Kier alpha value is -3.28. The van der Waals surface area contributed by atoms with Crippen molar-refractivity contribution >= 4 is 22.6 Å². The summed E-state index contributed by atoms with van der Waals surface area (Å²) in [6.07, 6.45) is -0.756. The van der Waals surface area contributed by atoms with Crippen molar-refractivity contribution in [1.29, 1.82) is 0 Å². The Kier molecular flexibility index (Phi) is 4.93. The summed E-state index contributed by atoms with van der Waals surface area (Å²) in [5.41, 5.74) is 1.55. The molecule has 0 spiro atoms. The van der Waals surface area contributed by atoms with Crippen LogP contribution in [0.4, 0.5) is 5.69 Å². The first-order valence-corrected chi connectivity index (χ1v) is 8.12. The molecule has 6 nitrogen and oxygen atoms in total. The lowest BCUT2D eigenvalue weighted by Crippen LogP contribution is -2.30. The van der Waals surface area contributed by atoms with Crippen LogP contribution >= 0.6 is 0 Å². The van der Waals surface area contributed by atoms with Gasteiger partial charge in [0.2, 0.25) is 0 Å². The number of carbonyl (C=O) groups is 1. The molecule has 134 valence electrons. The number of rotatable bonds is 5. The molecule has 1 amide bonds. The third kappa shape index (κ3) is 3.85. The number of hydrogen-bond donors (Lipinski definition) is 1. The summed E-state index contributed by atoms with van der Waals surface area (Å²) in [5, 5.41) is 3.58. The predicted octanol–water partition coefficient (Wildman–Crippen LogP) is 3.52. The van der Waals surface area contributed by atoms with E-state index < -0.39 is 11.7 Å². The molecule has 0 unspecified atom stereocenters. The third-order valence-electron chi connectivity index (χ3n) is 3.89. The van der Waals surface area contributed by atoms with Gasteiger partial charge in [-0.2, -0.15) is 0 Å². The van der Waals surface area contributed by atoms with E-state index in [-0.39, 0.29) is 5.91 Å². The minimum Gasteiger partial charge on any atom is -0.495 e. The highest BCUT2D eigenvalue weighted by Gasteiger charge is 2.17. The fourth-order valence-electron chi connectivity index (χ4n) is 2.53. The van der Waals surface area contributed by atoms with Crippen LogP contribution in [0, 0.1) is 6.92 Å². The van der Waals surface area contributed by atoms with E-state index in [4.69, 9.17) is 13.9 Å². The maximum Gasteiger partial charge on any atom is 0.336 e. The number of anilines is 1. The fourth-order valence-corrected chi connectivity index (χ4v) is 2.53. The highest BCUT2D eigenvalue weighted by molar-refractivity contribution is 5.95. The smallest absolute Gasteiger partial charge is 0.336 e. The summed E-state index contributed by atoms with van der Waals surface area (Å²) in [4.78, 5) is 23.8. The van der Waals surface area contributed by atoms with E-state index in [1.165, 1.54) is 6.07 Å². The molecule has 1 heterocycles. The zero-order valence-corrected chi connectivity index (χ0v) is 14.7. The largest absolute Gasteiger partial charge is 0.495 e. The van der Waals surface area contributed by atoms with Gasteiger partial charge in [-0.05, 0) is 49.7 Å². The number of hydrogen-bond acceptors (Lipinski definition) is 5. The minimum absolute atomic E-state index is 0.316. The number of ether oxygens (including phenoxy) is 2. The SMILES string of the molecule is COc1ccc(C)cc1NC(=O)[C@@H](C)Oc1ccc2ccc(=O)oc2c1. The molecular weight excluding hydrogens is 334 g/mol. The van der Waals surface area contributed by atoms with E-state index in [1.807, 2.05) is 19.1 Å². The Labute approximate surface area is 150 Å². The first-order chi connectivity index (χ1) is 12.5. The zero-order chi connectivity index (χ0) is 18.7. The molecule has 1 aromatic heterocycles. The molecular formula is C20H19NO5. The Morgan fingerprint density at radius 3 is 2.65 bits per heavy atom. The molecule has 0 bridgehead atoms. The Morgan fingerprint density at radius 2 is 1.88 bits per heavy atom. The standard InChI is InChI=1S/C20H19NO5/c1-12-4-8-17(24-3)16(10-12)21-20(23)13(2)25-15-7-5-14-6-9-19(22)26-18(14)11-15/h4-11,13H,1-3H3,(H,21,23)/t13-/m1/s1. The monoisotopic (exact) mass is 353 g/mol. The van der Waals surface area contributed by atoms with E-state index >= 15 is 0 Å². The predicted molar refractivity (Wildman–Crippen MR) is 98.9 cm³/mol. The van der Waals surface area contributed by atoms with Crippen LogP contribution in [0.1, 0.15) is 12.5 Å². The van der Waals surface area contributed by atoms with Crippen LogP contribution in [0.5, 0.6) is 11.5 Å². The van der Waals surface area contributed by atoms with Crippen molar-refractivity contribution < 1.29 is 18.7 Å². The second kappa shape index (κ2) is 7.31. The summed E-state index contributed by atoms with van der Waals surface area (Å²) in [6.45, 7) is 3.57. The van der Waals surface area contributed by atoms with Crippen LogP contribution < -0.4 is 20.4 Å². The number of aryl methyl sites for hydroxylation is 1. The zero-order valence-electron chi connectivity index (χ0n) is 14.7. The van der Waals surface area contributed by atoms with Gasteiger partial charge in [-0.25, -0.2) is 4.79 Å². The van der Waals surface area contributed by atoms with Crippen LogP contribution in [-0.2, 0) is 4.79 Å². The van der Waals surface area contributed by atoms with Crippen molar-refractivity contribution in [2.45, 2.75) is 20.0 Å². The first kappa shape index (κ1) is 17.5. The van der Waals surface area contributed by atoms with Gasteiger partial charge < -0.3 is 19.2 Å². The average Bonchev–Trinajstić information content (AvgIpc) is 2.61. The average molecular weight is 353 g/mol. The number of amides is 1. The van der Waals surface area contributed by atoms with Crippen molar-refractivity contribution in [2.75, 3.05) is 12.4 Å². The van der Waals surface area contributed by atoms with Gasteiger partial charge in [-0.1, -0.05) is 6.07 Å². The number of benzene rings is 2. The first-order valence-electron chi connectivity index (χ1n) is 8.12. The second-order valence-electron chi connectivity index (χ2n) is 5.91. The van der Waals surface area contributed by atoms with Crippen LogP contribution in [0.25, 0.3) is 11.0 Å². The number of methoxy groups -OCH3 is 1. The van der Waals surface area contributed by atoms with Crippen molar-refractivity contribution in [1.82, 2.24) is 0 Å². The normalized spacial score (nSPS) is 11.8. The topological polar surface area (TPSA) is 77.8 Å². The summed E-state index contributed by atoms with van der Waals surface area (Å²) >= 11 is 0. The van der Waals surface area contributed by atoms with E-state index in [0.29, 0.717) is 22.8 Å².